The first-order chi connectivity index (χ1) is 15.6. The van der Waals surface area contributed by atoms with E-state index in [1.165, 1.54) is 0 Å². The van der Waals surface area contributed by atoms with E-state index < -0.39 is 5.41 Å². The third-order valence-electron chi connectivity index (χ3n) is 5.41. The molecule has 0 bridgehead atoms. The number of Topliss-reactive ketones (excluding diaryl/α,β-unsaturated/α-hetero) is 1. The average Bonchev–Trinajstić information content (AvgIpc) is 3.19. The van der Waals surface area contributed by atoms with Crippen molar-refractivity contribution in [3.05, 3.63) is 60.4 Å². The molecule has 0 aliphatic heterocycles. The Morgan fingerprint density at radius 2 is 1.73 bits per heavy atom. The third-order valence-corrected chi connectivity index (χ3v) is 5.41. The van der Waals surface area contributed by atoms with Crippen molar-refractivity contribution in [2.24, 2.45) is 10.5 Å². The van der Waals surface area contributed by atoms with E-state index >= 15 is 0 Å². The molecule has 3 aromatic rings. The van der Waals surface area contributed by atoms with Gasteiger partial charge in [0.2, 0.25) is 0 Å². The molecular formula is C26H33N4O3+. The van der Waals surface area contributed by atoms with Crippen molar-refractivity contribution in [3.63, 3.8) is 0 Å². The lowest BCUT2D eigenvalue weighted by molar-refractivity contribution is -0.673. The number of imidazole rings is 1. The Balaban J connectivity index is 2.04. The number of hydrogen-bond donors (Lipinski definition) is 0. The highest BCUT2D eigenvalue weighted by atomic mass is 16.5. The van der Waals surface area contributed by atoms with Crippen molar-refractivity contribution < 1.29 is 18.8 Å². The van der Waals surface area contributed by atoms with Crippen molar-refractivity contribution in [1.29, 1.82) is 0 Å². The van der Waals surface area contributed by atoms with Gasteiger partial charge in [0.05, 0.1) is 26.0 Å². The summed E-state index contributed by atoms with van der Waals surface area (Å²) in [5.41, 5.74) is 2.52. The fraction of sp³-hybridized carbons (Fsp3) is 0.346. The first-order valence-corrected chi connectivity index (χ1v) is 10.8. The highest BCUT2D eigenvalue weighted by Gasteiger charge is 2.28. The van der Waals surface area contributed by atoms with Crippen molar-refractivity contribution in [3.8, 4) is 22.9 Å². The quantitative estimate of drug-likeness (QED) is 0.385. The minimum Gasteiger partial charge on any atom is -0.493 e. The van der Waals surface area contributed by atoms with E-state index in [9.17, 15) is 4.79 Å². The van der Waals surface area contributed by atoms with Gasteiger partial charge in [-0.1, -0.05) is 38.0 Å². The minimum absolute atomic E-state index is 0.134. The Morgan fingerprint density at radius 1 is 1.06 bits per heavy atom. The molecular weight excluding hydrogens is 416 g/mol. The molecule has 0 unspecified atom stereocenters. The van der Waals surface area contributed by atoms with E-state index in [-0.39, 0.29) is 12.3 Å². The molecule has 3 rings (SSSR count). The molecule has 1 aromatic heterocycles. The fourth-order valence-electron chi connectivity index (χ4n) is 3.29. The van der Waals surface area contributed by atoms with Gasteiger partial charge in [0.15, 0.2) is 23.5 Å². The Morgan fingerprint density at radius 3 is 2.30 bits per heavy atom. The van der Waals surface area contributed by atoms with E-state index in [4.69, 9.17) is 9.47 Å². The van der Waals surface area contributed by atoms with E-state index in [0.29, 0.717) is 11.5 Å². The van der Waals surface area contributed by atoms with E-state index in [2.05, 4.69) is 22.1 Å². The molecule has 0 aliphatic rings. The monoisotopic (exact) mass is 449 g/mol. The van der Waals surface area contributed by atoms with Gasteiger partial charge in [-0.2, -0.15) is 0 Å². The summed E-state index contributed by atoms with van der Waals surface area (Å²) in [5.74, 6) is 2.16. The molecule has 0 saturated heterocycles. The van der Waals surface area contributed by atoms with Gasteiger partial charge >= 0.3 is 5.82 Å². The molecule has 2 aromatic carbocycles. The van der Waals surface area contributed by atoms with Crippen molar-refractivity contribution in [1.82, 2.24) is 4.68 Å². The number of methoxy groups -OCH3 is 2. The first-order valence-electron chi connectivity index (χ1n) is 10.8. The molecule has 0 saturated carbocycles. The molecule has 0 aliphatic carbocycles. The van der Waals surface area contributed by atoms with Crippen LogP contribution in [0.2, 0.25) is 0 Å². The summed E-state index contributed by atoms with van der Waals surface area (Å²) >= 11 is 0. The number of benzene rings is 2. The molecule has 0 fully saturated rings. The van der Waals surface area contributed by atoms with Crippen molar-refractivity contribution >= 4 is 17.7 Å². The summed E-state index contributed by atoms with van der Waals surface area (Å²) in [6.07, 6.45) is 5.54. The lowest BCUT2D eigenvalue weighted by Crippen LogP contribution is -2.42. The van der Waals surface area contributed by atoms with Crippen LogP contribution in [0, 0.1) is 5.41 Å². The van der Waals surface area contributed by atoms with Gasteiger partial charge in [0, 0.05) is 25.2 Å². The van der Waals surface area contributed by atoms with E-state index in [1.807, 2.05) is 82.2 Å². The Labute approximate surface area is 195 Å². The zero-order valence-electron chi connectivity index (χ0n) is 20.5. The highest BCUT2D eigenvalue weighted by molar-refractivity contribution is 5.82. The zero-order chi connectivity index (χ0) is 24.2. The van der Waals surface area contributed by atoms with Crippen LogP contribution in [-0.2, 0) is 11.3 Å². The van der Waals surface area contributed by atoms with Crippen molar-refractivity contribution in [2.45, 2.75) is 27.3 Å². The van der Waals surface area contributed by atoms with Gasteiger partial charge < -0.3 is 14.4 Å². The molecule has 1 heterocycles. The predicted octanol–water partition coefficient (Wildman–Crippen LogP) is 4.02. The van der Waals surface area contributed by atoms with Gasteiger partial charge in [-0.25, -0.2) is 4.57 Å². The smallest absolute Gasteiger partial charge is 0.314 e. The highest BCUT2D eigenvalue weighted by Crippen LogP contribution is 2.31. The minimum atomic E-state index is -0.443. The SMILES string of the molecule is COc1ccc(-c2n(/N=C\c3ccc(N(C)C)cc3)cc[n+]2CC(=O)C(C)(C)C)cc1OC. The van der Waals surface area contributed by atoms with Gasteiger partial charge in [0.1, 0.15) is 12.7 Å². The van der Waals surface area contributed by atoms with Crippen molar-refractivity contribution in [2.75, 3.05) is 33.2 Å². The number of aromatic nitrogens is 2. The van der Waals surface area contributed by atoms with E-state index in [0.717, 1.165) is 22.6 Å². The zero-order valence-corrected chi connectivity index (χ0v) is 20.5. The maximum atomic E-state index is 12.8. The normalized spacial score (nSPS) is 11.6. The third kappa shape index (κ3) is 5.61. The topological polar surface area (TPSA) is 59.9 Å². The average molecular weight is 450 g/mol. The maximum absolute atomic E-state index is 12.8. The summed E-state index contributed by atoms with van der Waals surface area (Å²) in [6.45, 7) is 6.03. The number of anilines is 1. The molecule has 0 radical (unpaired) electrons. The largest absolute Gasteiger partial charge is 0.493 e. The summed E-state index contributed by atoms with van der Waals surface area (Å²) in [5, 5.41) is 4.69. The second-order valence-electron chi connectivity index (χ2n) is 9.07. The molecule has 0 spiro atoms. The number of carbonyl (C=O) groups is 1. The number of carbonyl (C=O) groups excluding carboxylic acids is 1. The predicted molar refractivity (Wildman–Crippen MR) is 131 cm³/mol. The summed E-state index contributed by atoms with van der Waals surface area (Å²) < 4.78 is 14.6. The standard InChI is InChI=1S/C26H33N4O3/c1-26(2,3)24(31)18-29-14-15-30(27-17-19-8-11-21(12-9-19)28(4)5)25(29)20-10-13-22(32-6)23(16-20)33-7/h8-17H,18H2,1-7H3/q+1/b27-17-. The second kappa shape index (κ2) is 9.90. The van der Waals surface area contributed by atoms with Crippen LogP contribution in [0.25, 0.3) is 11.4 Å². The molecule has 0 atom stereocenters. The summed E-state index contributed by atoms with van der Waals surface area (Å²) in [7, 11) is 7.23. The molecule has 7 heteroatoms. The van der Waals surface area contributed by atoms with Gasteiger partial charge in [-0.05, 0) is 35.9 Å². The molecule has 0 N–H and O–H groups in total. The molecule has 7 nitrogen and oxygen atoms in total. The van der Waals surface area contributed by atoms with Crippen LogP contribution in [-0.4, -0.2) is 45.0 Å². The van der Waals surface area contributed by atoms with Crippen LogP contribution >= 0.6 is 0 Å². The number of rotatable bonds is 8. The lowest BCUT2D eigenvalue weighted by atomic mass is 9.91. The molecule has 0 amide bonds. The van der Waals surface area contributed by atoms with E-state index in [1.54, 1.807) is 25.1 Å². The van der Waals surface area contributed by atoms with Crippen LogP contribution in [0.5, 0.6) is 11.5 Å². The molecule has 33 heavy (non-hydrogen) atoms. The van der Waals surface area contributed by atoms with Gasteiger partial charge in [-0.3, -0.25) is 4.79 Å². The maximum Gasteiger partial charge on any atom is 0.314 e. The van der Waals surface area contributed by atoms with Crippen LogP contribution in [0.4, 0.5) is 5.69 Å². The summed E-state index contributed by atoms with van der Waals surface area (Å²) in [4.78, 5) is 14.9. The van der Waals surface area contributed by atoms with Crippen LogP contribution in [0.15, 0.2) is 60.0 Å². The lowest BCUT2D eigenvalue weighted by Gasteiger charge is -2.15. The van der Waals surface area contributed by atoms with Gasteiger partial charge in [0.25, 0.3) is 0 Å². The fourth-order valence-corrected chi connectivity index (χ4v) is 3.29. The number of ketones is 1. The van der Waals surface area contributed by atoms with Gasteiger partial charge in [-0.15, -0.1) is 4.68 Å². The number of nitrogens with zero attached hydrogens (tertiary/aromatic N) is 4. The number of hydrogen-bond acceptors (Lipinski definition) is 5. The first kappa shape index (κ1) is 24.0. The number of ether oxygens (including phenoxy) is 2. The van der Waals surface area contributed by atoms with Crippen LogP contribution in [0.1, 0.15) is 26.3 Å². The summed E-state index contributed by atoms with van der Waals surface area (Å²) in [6, 6.07) is 13.8. The second-order valence-corrected chi connectivity index (χ2v) is 9.07. The van der Waals surface area contributed by atoms with Crippen LogP contribution in [0.3, 0.4) is 0 Å². The Hall–Kier alpha value is -3.61. The Bertz CT molecular complexity index is 1140. The van der Waals surface area contributed by atoms with Crippen LogP contribution < -0.4 is 18.9 Å². The Kier molecular flexibility index (Phi) is 7.21. The molecule has 174 valence electrons.